The number of aliphatic hydroxyl groups excluding tert-OH is 1. The number of aliphatic hydroxyl groups is 1. The lowest BCUT2D eigenvalue weighted by atomic mass is 10.1. The number of hydrogen-bond acceptors (Lipinski definition) is 3. The van der Waals surface area contributed by atoms with E-state index in [-0.39, 0.29) is 30.1 Å². The normalized spacial score (nSPS) is 21.4. The van der Waals surface area contributed by atoms with Gasteiger partial charge in [0.15, 0.2) is 0 Å². The minimum atomic E-state index is -1.28. The summed E-state index contributed by atoms with van der Waals surface area (Å²) in [6, 6.07) is 3.21. The summed E-state index contributed by atoms with van der Waals surface area (Å²) in [5, 5.41) is 21.0. The molecular formula is C13H14ClFN2O4. The second kappa shape index (κ2) is 6.28. The molecule has 3 N–H and O–H groups in total. The molecule has 0 unspecified atom stereocenters. The monoisotopic (exact) mass is 316 g/mol. The Kier molecular flexibility index (Phi) is 4.64. The molecule has 1 fully saturated rings. The first kappa shape index (κ1) is 15.5. The Balaban J connectivity index is 2.04. The van der Waals surface area contributed by atoms with Crippen LogP contribution in [0.5, 0.6) is 0 Å². The van der Waals surface area contributed by atoms with Gasteiger partial charge in [-0.15, -0.1) is 0 Å². The smallest absolute Gasteiger partial charge is 0.408 e. The number of halogens is 2. The zero-order valence-electron chi connectivity index (χ0n) is 10.9. The average molecular weight is 317 g/mol. The van der Waals surface area contributed by atoms with Crippen LogP contribution in [0.3, 0.4) is 0 Å². The standard InChI is InChI=1S/C13H14ClFN2O4/c14-8-3-1-2-7(10(8)15)6-16-12(19)11-9(18)4-5-17(11)13(20)21/h1-3,9,11,18H,4-6H2,(H,16,19)(H,20,21)/t9-,11+/m1/s1. The van der Waals surface area contributed by atoms with Crippen LogP contribution in [0.2, 0.25) is 5.02 Å². The van der Waals surface area contributed by atoms with E-state index in [1.807, 2.05) is 0 Å². The number of amides is 2. The number of nitrogens with one attached hydrogen (secondary N) is 1. The summed E-state index contributed by atoms with van der Waals surface area (Å²) < 4.78 is 13.7. The minimum Gasteiger partial charge on any atom is -0.465 e. The predicted molar refractivity (Wildman–Crippen MR) is 72.4 cm³/mol. The summed E-state index contributed by atoms with van der Waals surface area (Å²) in [6.07, 6.45) is -2.15. The molecule has 8 heteroatoms. The van der Waals surface area contributed by atoms with Crippen LogP contribution < -0.4 is 5.32 Å². The van der Waals surface area contributed by atoms with E-state index < -0.39 is 30.0 Å². The molecule has 2 rings (SSSR count). The van der Waals surface area contributed by atoms with Crippen LogP contribution in [0, 0.1) is 5.82 Å². The first-order chi connectivity index (χ1) is 9.91. The maximum absolute atomic E-state index is 13.7. The Bertz CT molecular complexity index is 569. The Morgan fingerprint density at radius 1 is 1.48 bits per heavy atom. The number of carbonyl (C=O) groups is 2. The third-order valence-corrected chi connectivity index (χ3v) is 3.66. The van der Waals surface area contributed by atoms with E-state index in [9.17, 15) is 19.1 Å². The van der Waals surface area contributed by atoms with Crippen molar-refractivity contribution in [2.24, 2.45) is 0 Å². The lowest BCUT2D eigenvalue weighted by Crippen LogP contribution is -2.49. The summed E-state index contributed by atoms with van der Waals surface area (Å²) in [7, 11) is 0. The van der Waals surface area contributed by atoms with Crippen LogP contribution in [0.25, 0.3) is 0 Å². The molecule has 2 atom stereocenters. The molecule has 0 radical (unpaired) electrons. The predicted octanol–water partition coefficient (Wildman–Crippen LogP) is 1.21. The molecule has 0 aromatic heterocycles. The highest BCUT2D eigenvalue weighted by molar-refractivity contribution is 6.30. The van der Waals surface area contributed by atoms with Gasteiger partial charge in [-0.25, -0.2) is 9.18 Å². The van der Waals surface area contributed by atoms with Gasteiger partial charge in [-0.2, -0.15) is 0 Å². The van der Waals surface area contributed by atoms with Crippen molar-refractivity contribution in [3.63, 3.8) is 0 Å². The van der Waals surface area contributed by atoms with Gasteiger partial charge in [0.05, 0.1) is 11.1 Å². The zero-order valence-corrected chi connectivity index (χ0v) is 11.7. The third-order valence-electron chi connectivity index (χ3n) is 3.36. The SMILES string of the molecule is O=C(NCc1cccc(Cl)c1F)[C@@H]1[C@H](O)CCN1C(=O)O. The van der Waals surface area contributed by atoms with E-state index in [1.165, 1.54) is 12.1 Å². The van der Waals surface area contributed by atoms with Crippen molar-refractivity contribution < 1.29 is 24.2 Å². The van der Waals surface area contributed by atoms with Crippen molar-refractivity contribution in [3.8, 4) is 0 Å². The lowest BCUT2D eigenvalue weighted by molar-refractivity contribution is -0.127. The molecule has 1 aromatic carbocycles. The van der Waals surface area contributed by atoms with E-state index in [1.54, 1.807) is 6.07 Å². The molecule has 6 nitrogen and oxygen atoms in total. The summed E-state index contributed by atoms with van der Waals surface area (Å²) >= 11 is 5.63. The van der Waals surface area contributed by atoms with E-state index in [4.69, 9.17) is 16.7 Å². The number of carboxylic acid groups (broad SMARTS) is 1. The Morgan fingerprint density at radius 2 is 2.19 bits per heavy atom. The molecule has 0 aliphatic carbocycles. The van der Waals surface area contributed by atoms with Crippen LogP contribution in [0.4, 0.5) is 9.18 Å². The number of rotatable bonds is 3. The molecule has 1 aliphatic heterocycles. The average Bonchev–Trinajstić information content (AvgIpc) is 2.82. The molecule has 0 bridgehead atoms. The molecule has 1 heterocycles. The summed E-state index contributed by atoms with van der Waals surface area (Å²) in [4.78, 5) is 23.9. The second-order valence-corrected chi connectivity index (χ2v) is 5.11. The number of benzene rings is 1. The van der Waals surface area contributed by atoms with E-state index in [0.29, 0.717) is 0 Å². The summed E-state index contributed by atoms with van der Waals surface area (Å²) in [6.45, 7) is -0.0536. The molecule has 1 aromatic rings. The molecule has 1 saturated heterocycles. The quantitative estimate of drug-likeness (QED) is 0.782. The van der Waals surface area contributed by atoms with Crippen molar-refractivity contribution in [3.05, 3.63) is 34.6 Å². The topological polar surface area (TPSA) is 89.9 Å². The van der Waals surface area contributed by atoms with Gasteiger partial charge in [0.2, 0.25) is 5.91 Å². The van der Waals surface area contributed by atoms with Gasteiger partial charge in [0.25, 0.3) is 0 Å². The van der Waals surface area contributed by atoms with Gasteiger partial charge in [-0.05, 0) is 12.5 Å². The first-order valence-corrected chi connectivity index (χ1v) is 6.68. The minimum absolute atomic E-state index is 0.0604. The molecular weight excluding hydrogens is 303 g/mol. The van der Waals surface area contributed by atoms with Crippen LogP contribution >= 0.6 is 11.6 Å². The summed E-state index contributed by atoms with van der Waals surface area (Å²) in [5.41, 5.74) is 0.185. The maximum atomic E-state index is 13.7. The highest BCUT2D eigenvalue weighted by Gasteiger charge is 2.40. The van der Waals surface area contributed by atoms with E-state index in [0.717, 1.165) is 4.90 Å². The molecule has 114 valence electrons. The van der Waals surface area contributed by atoms with Gasteiger partial charge >= 0.3 is 6.09 Å². The van der Waals surface area contributed by atoms with Crippen LogP contribution in [0.15, 0.2) is 18.2 Å². The Morgan fingerprint density at radius 3 is 2.86 bits per heavy atom. The van der Waals surface area contributed by atoms with E-state index >= 15 is 0 Å². The summed E-state index contributed by atoms with van der Waals surface area (Å²) in [5.74, 6) is -1.30. The number of likely N-dealkylation sites (tertiary alicyclic amines) is 1. The van der Waals surface area contributed by atoms with Crippen molar-refractivity contribution in [1.29, 1.82) is 0 Å². The largest absolute Gasteiger partial charge is 0.465 e. The zero-order chi connectivity index (χ0) is 15.6. The maximum Gasteiger partial charge on any atom is 0.408 e. The van der Waals surface area contributed by atoms with Crippen molar-refractivity contribution in [2.45, 2.75) is 25.1 Å². The van der Waals surface area contributed by atoms with Gasteiger partial charge in [0.1, 0.15) is 11.9 Å². The van der Waals surface area contributed by atoms with Gasteiger partial charge in [-0.3, -0.25) is 9.69 Å². The highest BCUT2D eigenvalue weighted by atomic mass is 35.5. The first-order valence-electron chi connectivity index (χ1n) is 6.30. The van der Waals surface area contributed by atoms with Crippen LogP contribution in [-0.4, -0.2) is 45.8 Å². The van der Waals surface area contributed by atoms with Gasteiger partial charge in [0, 0.05) is 18.7 Å². The third kappa shape index (κ3) is 3.25. The van der Waals surface area contributed by atoms with Crippen LogP contribution in [-0.2, 0) is 11.3 Å². The van der Waals surface area contributed by atoms with Crippen molar-refractivity contribution in [2.75, 3.05) is 6.54 Å². The van der Waals surface area contributed by atoms with Crippen LogP contribution in [0.1, 0.15) is 12.0 Å². The van der Waals surface area contributed by atoms with Gasteiger partial charge in [-0.1, -0.05) is 23.7 Å². The highest BCUT2D eigenvalue weighted by Crippen LogP contribution is 2.20. The molecule has 0 saturated carbocycles. The fourth-order valence-electron chi connectivity index (χ4n) is 2.28. The fraction of sp³-hybridized carbons (Fsp3) is 0.385. The Labute approximate surface area is 125 Å². The number of hydrogen-bond donors (Lipinski definition) is 3. The Hall–Kier alpha value is -1.86. The number of nitrogens with zero attached hydrogens (tertiary/aromatic N) is 1. The molecule has 21 heavy (non-hydrogen) atoms. The molecule has 2 amide bonds. The molecule has 1 aliphatic rings. The van der Waals surface area contributed by atoms with E-state index in [2.05, 4.69) is 5.32 Å². The van der Waals surface area contributed by atoms with Crippen molar-refractivity contribution >= 4 is 23.6 Å². The molecule has 0 spiro atoms. The second-order valence-electron chi connectivity index (χ2n) is 4.71. The van der Waals surface area contributed by atoms with Gasteiger partial charge < -0.3 is 15.5 Å². The fourth-order valence-corrected chi connectivity index (χ4v) is 2.47. The number of carbonyl (C=O) groups excluding carboxylic acids is 1. The van der Waals surface area contributed by atoms with Crippen molar-refractivity contribution in [1.82, 2.24) is 10.2 Å². The lowest BCUT2D eigenvalue weighted by Gasteiger charge is -2.22.